The Kier molecular flexibility index (Phi) is 4.23. The predicted molar refractivity (Wildman–Crippen MR) is 79.7 cm³/mol. The minimum atomic E-state index is -0.204. The lowest BCUT2D eigenvalue weighted by molar-refractivity contribution is 0.614. The third-order valence-electron chi connectivity index (χ3n) is 3.25. The first-order valence-corrected chi connectivity index (χ1v) is 6.79. The van der Waals surface area contributed by atoms with Gasteiger partial charge in [0.25, 0.3) is 0 Å². The molecule has 0 amide bonds. The second-order valence-corrected chi connectivity index (χ2v) is 5.27. The average Bonchev–Trinajstić information content (AvgIpc) is 2.38. The van der Waals surface area contributed by atoms with Crippen LogP contribution in [0.15, 0.2) is 18.2 Å². The summed E-state index contributed by atoms with van der Waals surface area (Å²) in [5.74, 6) is 1.08. The Bertz CT molecular complexity index is 643. The highest BCUT2D eigenvalue weighted by Gasteiger charge is 2.12. The van der Waals surface area contributed by atoms with Gasteiger partial charge >= 0.3 is 0 Å². The second kappa shape index (κ2) is 5.75. The number of halogens is 2. The molecule has 2 aromatic rings. The molecule has 1 aromatic heterocycles. The van der Waals surface area contributed by atoms with Crippen molar-refractivity contribution in [2.24, 2.45) is 0 Å². The maximum atomic E-state index is 13.6. The lowest BCUT2D eigenvalue weighted by Gasteiger charge is -2.17. The summed E-state index contributed by atoms with van der Waals surface area (Å²) in [5.41, 5.74) is 2.29. The Morgan fingerprint density at radius 2 is 1.90 bits per heavy atom. The van der Waals surface area contributed by atoms with Crippen LogP contribution in [0.3, 0.4) is 0 Å². The fraction of sp³-hybridized carbons (Fsp3) is 0.333. The van der Waals surface area contributed by atoms with Crippen molar-refractivity contribution in [3.63, 3.8) is 0 Å². The predicted octanol–water partition coefficient (Wildman–Crippen LogP) is 4.37. The minimum absolute atomic E-state index is 0.0748. The molecule has 106 valence electrons. The van der Waals surface area contributed by atoms with E-state index in [0.717, 1.165) is 11.1 Å². The Hall–Kier alpha value is -1.68. The van der Waals surface area contributed by atoms with Gasteiger partial charge in [-0.1, -0.05) is 23.7 Å². The number of aromatic nitrogens is 2. The van der Waals surface area contributed by atoms with Crippen LogP contribution in [0, 0.1) is 26.6 Å². The smallest absolute Gasteiger partial charge is 0.137 e. The van der Waals surface area contributed by atoms with Gasteiger partial charge in [-0.3, -0.25) is 0 Å². The van der Waals surface area contributed by atoms with Crippen molar-refractivity contribution in [1.82, 2.24) is 9.97 Å². The zero-order valence-corrected chi connectivity index (χ0v) is 12.7. The van der Waals surface area contributed by atoms with Crippen molar-refractivity contribution in [2.75, 3.05) is 5.32 Å². The van der Waals surface area contributed by atoms with E-state index >= 15 is 0 Å². The summed E-state index contributed by atoms with van der Waals surface area (Å²) in [4.78, 5) is 8.43. The van der Waals surface area contributed by atoms with Gasteiger partial charge in [-0.2, -0.15) is 0 Å². The Labute approximate surface area is 123 Å². The molecule has 0 spiro atoms. The number of rotatable bonds is 3. The number of nitrogens with one attached hydrogen (secondary N) is 1. The Morgan fingerprint density at radius 1 is 1.20 bits per heavy atom. The lowest BCUT2D eigenvalue weighted by Crippen LogP contribution is -2.11. The average molecular weight is 294 g/mol. The summed E-state index contributed by atoms with van der Waals surface area (Å²) >= 11 is 6.04. The van der Waals surface area contributed by atoms with E-state index in [0.29, 0.717) is 22.4 Å². The summed E-state index contributed by atoms with van der Waals surface area (Å²) in [6, 6.07) is 5.14. The van der Waals surface area contributed by atoms with Gasteiger partial charge in [-0.15, -0.1) is 0 Å². The van der Waals surface area contributed by atoms with E-state index in [1.807, 2.05) is 19.9 Å². The zero-order valence-electron chi connectivity index (χ0n) is 12.0. The summed E-state index contributed by atoms with van der Waals surface area (Å²) in [6.07, 6.45) is 0. The van der Waals surface area contributed by atoms with Gasteiger partial charge in [0.05, 0.1) is 6.04 Å². The van der Waals surface area contributed by atoms with E-state index in [1.165, 1.54) is 6.07 Å². The normalized spacial score (nSPS) is 12.3. The highest BCUT2D eigenvalue weighted by Crippen LogP contribution is 2.25. The Balaban J connectivity index is 2.27. The number of nitrogens with zero attached hydrogens (tertiary/aromatic N) is 2. The first kappa shape index (κ1) is 14.7. The fourth-order valence-corrected chi connectivity index (χ4v) is 2.11. The molecule has 0 aliphatic rings. The van der Waals surface area contributed by atoms with E-state index in [-0.39, 0.29) is 11.9 Å². The number of aryl methyl sites for hydroxylation is 2. The molecule has 0 fully saturated rings. The highest BCUT2D eigenvalue weighted by molar-refractivity contribution is 6.30. The van der Waals surface area contributed by atoms with Crippen LogP contribution in [-0.2, 0) is 0 Å². The molecule has 1 unspecified atom stereocenters. The van der Waals surface area contributed by atoms with Crippen LogP contribution in [0.4, 0.5) is 10.2 Å². The van der Waals surface area contributed by atoms with Crippen molar-refractivity contribution in [3.05, 3.63) is 51.7 Å². The molecule has 0 aliphatic carbocycles. The summed E-state index contributed by atoms with van der Waals surface area (Å²) in [6.45, 7) is 7.34. The maximum Gasteiger partial charge on any atom is 0.137 e. The van der Waals surface area contributed by atoms with Crippen LogP contribution >= 0.6 is 11.6 Å². The maximum absolute atomic E-state index is 13.6. The van der Waals surface area contributed by atoms with Crippen LogP contribution in [-0.4, -0.2) is 9.97 Å². The van der Waals surface area contributed by atoms with Gasteiger partial charge < -0.3 is 5.32 Å². The first-order chi connectivity index (χ1) is 9.38. The molecule has 1 N–H and O–H groups in total. The molecule has 0 radical (unpaired) electrons. The van der Waals surface area contributed by atoms with E-state index in [1.54, 1.807) is 19.9 Å². The van der Waals surface area contributed by atoms with E-state index in [9.17, 15) is 4.39 Å². The van der Waals surface area contributed by atoms with Gasteiger partial charge in [0.1, 0.15) is 22.6 Å². The molecule has 20 heavy (non-hydrogen) atoms. The van der Waals surface area contributed by atoms with Crippen molar-refractivity contribution < 1.29 is 4.39 Å². The molecule has 0 bridgehead atoms. The standard InChI is InChI=1S/C15H17ClFN3/c1-8-5-6-12(7-13(8)17)10(3)18-15-9(2)14(16)19-11(4)20-15/h5-7,10H,1-4H3,(H,18,19,20). The highest BCUT2D eigenvalue weighted by atomic mass is 35.5. The number of hydrogen-bond donors (Lipinski definition) is 1. The fourth-order valence-electron chi connectivity index (χ4n) is 1.90. The van der Waals surface area contributed by atoms with Gasteiger partial charge in [-0.25, -0.2) is 14.4 Å². The molecule has 1 heterocycles. The first-order valence-electron chi connectivity index (χ1n) is 6.42. The molecule has 1 aromatic carbocycles. The summed E-state index contributed by atoms with van der Waals surface area (Å²) in [5, 5.41) is 3.69. The topological polar surface area (TPSA) is 37.8 Å². The van der Waals surface area contributed by atoms with Crippen LogP contribution in [0.5, 0.6) is 0 Å². The van der Waals surface area contributed by atoms with Gasteiger partial charge in [0, 0.05) is 5.56 Å². The largest absolute Gasteiger partial charge is 0.363 e. The third-order valence-corrected chi connectivity index (χ3v) is 3.62. The molecule has 2 rings (SSSR count). The molecule has 0 aliphatic heterocycles. The zero-order chi connectivity index (χ0) is 14.9. The molecule has 5 heteroatoms. The number of anilines is 1. The molecule has 1 atom stereocenters. The van der Waals surface area contributed by atoms with Gasteiger partial charge in [-0.05, 0) is 44.9 Å². The van der Waals surface area contributed by atoms with Crippen LogP contribution in [0.2, 0.25) is 5.15 Å². The molecule has 0 saturated heterocycles. The van der Waals surface area contributed by atoms with E-state index in [4.69, 9.17) is 11.6 Å². The van der Waals surface area contributed by atoms with Crippen molar-refractivity contribution in [1.29, 1.82) is 0 Å². The molecular formula is C15H17ClFN3. The second-order valence-electron chi connectivity index (χ2n) is 4.91. The summed E-state index contributed by atoms with van der Waals surface area (Å²) < 4.78 is 13.6. The van der Waals surface area contributed by atoms with Crippen LogP contribution in [0.1, 0.15) is 35.5 Å². The van der Waals surface area contributed by atoms with Crippen molar-refractivity contribution >= 4 is 17.4 Å². The van der Waals surface area contributed by atoms with Crippen LogP contribution in [0.25, 0.3) is 0 Å². The monoisotopic (exact) mass is 293 g/mol. The number of benzene rings is 1. The van der Waals surface area contributed by atoms with E-state index < -0.39 is 0 Å². The van der Waals surface area contributed by atoms with Gasteiger partial charge in [0.2, 0.25) is 0 Å². The third kappa shape index (κ3) is 3.07. The summed E-state index contributed by atoms with van der Waals surface area (Å²) in [7, 11) is 0. The van der Waals surface area contributed by atoms with E-state index in [2.05, 4.69) is 15.3 Å². The number of hydrogen-bond acceptors (Lipinski definition) is 3. The Morgan fingerprint density at radius 3 is 2.55 bits per heavy atom. The van der Waals surface area contributed by atoms with Crippen molar-refractivity contribution in [2.45, 2.75) is 33.7 Å². The SMILES string of the molecule is Cc1nc(Cl)c(C)c(NC(C)c2ccc(C)c(F)c2)n1. The van der Waals surface area contributed by atoms with Gasteiger partial charge in [0.15, 0.2) is 0 Å². The van der Waals surface area contributed by atoms with Crippen LogP contribution < -0.4 is 5.32 Å². The quantitative estimate of drug-likeness (QED) is 0.854. The molecule has 0 saturated carbocycles. The molecule has 3 nitrogen and oxygen atoms in total. The lowest BCUT2D eigenvalue weighted by atomic mass is 10.1. The minimum Gasteiger partial charge on any atom is -0.363 e. The molecular weight excluding hydrogens is 277 g/mol. The van der Waals surface area contributed by atoms with Crippen molar-refractivity contribution in [3.8, 4) is 0 Å².